The van der Waals surface area contributed by atoms with Gasteiger partial charge in [-0.3, -0.25) is 19.9 Å². The summed E-state index contributed by atoms with van der Waals surface area (Å²) in [5.74, 6) is -0.836. The predicted octanol–water partition coefficient (Wildman–Crippen LogP) is 1.33. The lowest BCUT2D eigenvalue weighted by molar-refractivity contribution is -0.143. The molecule has 2 aliphatic heterocycles. The second-order valence-corrected chi connectivity index (χ2v) is 6.99. The molecule has 0 radical (unpaired) electrons. The van der Waals surface area contributed by atoms with Crippen molar-refractivity contribution in [2.75, 3.05) is 31.2 Å². The SMILES string of the molecule is CC1N=C(C(=O)NCC2CCN(CC(F)(F)F)C2)NN(c2ccccc2)C1=O. The molecule has 2 atom stereocenters. The summed E-state index contributed by atoms with van der Waals surface area (Å²) in [5.41, 5.74) is 3.31. The lowest BCUT2D eigenvalue weighted by Crippen LogP contribution is -2.58. The molecule has 2 amide bonds. The summed E-state index contributed by atoms with van der Waals surface area (Å²) < 4.78 is 37.4. The average Bonchev–Trinajstić information content (AvgIpc) is 3.08. The Labute approximate surface area is 160 Å². The number of hydrazine groups is 1. The molecule has 28 heavy (non-hydrogen) atoms. The Morgan fingerprint density at radius 1 is 1.32 bits per heavy atom. The third-order valence-corrected chi connectivity index (χ3v) is 4.67. The van der Waals surface area contributed by atoms with Crippen LogP contribution in [0.15, 0.2) is 35.3 Å². The standard InChI is InChI=1S/C18H22F3N5O2/c1-12-17(28)26(14-5-3-2-4-6-14)24-15(23-12)16(27)22-9-13-7-8-25(10-13)11-18(19,20)21/h2-6,12-13H,7-11H2,1H3,(H,22,27)(H,23,24). The number of alkyl halides is 3. The number of rotatable bonds is 5. The maximum absolute atomic E-state index is 12.5. The largest absolute Gasteiger partial charge is 0.401 e. The molecular weight excluding hydrogens is 375 g/mol. The summed E-state index contributed by atoms with van der Waals surface area (Å²) in [6.45, 7) is 1.55. The first-order valence-corrected chi connectivity index (χ1v) is 9.04. The molecule has 1 fully saturated rings. The summed E-state index contributed by atoms with van der Waals surface area (Å²) in [4.78, 5) is 30.2. The van der Waals surface area contributed by atoms with E-state index in [0.717, 1.165) is 0 Å². The number of hydrogen-bond donors (Lipinski definition) is 2. The van der Waals surface area contributed by atoms with Gasteiger partial charge in [-0.25, -0.2) is 10.0 Å². The van der Waals surface area contributed by atoms with Crippen molar-refractivity contribution in [3.05, 3.63) is 30.3 Å². The number of amides is 2. The molecule has 2 unspecified atom stereocenters. The number of hydrogen-bond acceptors (Lipinski definition) is 5. The highest BCUT2D eigenvalue weighted by atomic mass is 19.4. The number of nitrogens with zero attached hydrogens (tertiary/aromatic N) is 3. The zero-order valence-corrected chi connectivity index (χ0v) is 15.4. The summed E-state index contributed by atoms with van der Waals surface area (Å²) in [6, 6.07) is 8.09. The van der Waals surface area contributed by atoms with Crippen LogP contribution < -0.4 is 15.8 Å². The summed E-state index contributed by atoms with van der Waals surface area (Å²) in [5, 5.41) is 3.98. The van der Waals surface area contributed by atoms with Gasteiger partial charge in [-0.1, -0.05) is 18.2 Å². The molecule has 0 aliphatic carbocycles. The number of carbonyl (C=O) groups is 2. The smallest absolute Gasteiger partial charge is 0.349 e. The Kier molecular flexibility index (Phi) is 5.87. The molecule has 0 spiro atoms. The quantitative estimate of drug-likeness (QED) is 0.786. The molecule has 1 saturated heterocycles. The molecule has 2 aliphatic rings. The Morgan fingerprint density at radius 2 is 2.04 bits per heavy atom. The van der Waals surface area contributed by atoms with Crippen LogP contribution in [0.25, 0.3) is 0 Å². The molecule has 3 rings (SSSR count). The van der Waals surface area contributed by atoms with Gasteiger partial charge in [-0.05, 0) is 37.9 Å². The topological polar surface area (TPSA) is 77.0 Å². The van der Waals surface area contributed by atoms with E-state index in [2.05, 4.69) is 15.7 Å². The highest BCUT2D eigenvalue weighted by molar-refractivity contribution is 6.39. The van der Waals surface area contributed by atoms with Gasteiger partial charge in [-0.2, -0.15) is 13.2 Å². The number of halogens is 3. The van der Waals surface area contributed by atoms with E-state index in [1.54, 1.807) is 31.2 Å². The Morgan fingerprint density at radius 3 is 2.71 bits per heavy atom. The molecule has 1 aromatic rings. The normalized spacial score (nSPS) is 23.4. The number of nitrogens with one attached hydrogen (secondary N) is 2. The van der Waals surface area contributed by atoms with Crippen molar-refractivity contribution in [3.8, 4) is 0 Å². The lowest BCUT2D eigenvalue weighted by atomic mass is 10.1. The molecule has 7 nitrogen and oxygen atoms in total. The van der Waals surface area contributed by atoms with Crippen LogP contribution in [-0.2, 0) is 9.59 Å². The van der Waals surface area contributed by atoms with Crippen LogP contribution in [0.1, 0.15) is 13.3 Å². The molecule has 0 bridgehead atoms. The minimum atomic E-state index is -4.22. The molecular formula is C18H22F3N5O2. The van der Waals surface area contributed by atoms with Gasteiger partial charge in [-0.15, -0.1) is 0 Å². The van der Waals surface area contributed by atoms with Crippen molar-refractivity contribution in [1.82, 2.24) is 15.6 Å². The number of amidine groups is 1. The van der Waals surface area contributed by atoms with Gasteiger partial charge in [0.25, 0.3) is 11.8 Å². The minimum Gasteiger partial charge on any atom is -0.349 e. The van der Waals surface area contributed by atoms with E-state index in [1.165, 1.54) is 9.91 Å². The van der Waals surface area contributed by atoms with Crippen LogP contribution in [0.4, 0.5) is 18.9 Å². The fourth-order valence-corrected chi connectivity index (χ4v) is 3.30. The summed E-state index contributed by atoms with van der Waals surface area (Å²) in [7, 11) is 0. The highest BCUT2D eigenvalue weighted by Crippen LogP contribution is 2.22. The predicted molar refractivity (Wildman–Crippen MR) is 97.6 cm³/mol. The second kappa shape index (κ2) is 8.17. The number of likely N-dealkylation sites (tertiary alicyclic amines) is 1. The first-order chi connectivity index (χ1) is 13.2. The van der Waals surface area contributed by atoms with Crippen LogP contribution in [0.3, 0.4) is 0 Å². The van der Waals surface area contributed by atoms with Gasteiger partial charge in [0.05, 0.1) is 12.2 Å². The van der Waals surface area contributed by atoms with Gasteiger partial charge in [0, 0.05) is 13.1 Å². The molecule has 10 heteroatoms. The number of carbonyl (C=O) groups excluding carboxylic acids is 2. The van der Waals surface area contributed by atoms with Crippen LogP contribution in [-0.4, -0.2) is 60.9 Å². The van der Waals surface area contributed by atoms with E-state index in [-0.39, 0.29) is 30.8 Å². The van der Waals surface area contributed by atoms with E-state index in [0.29, 0.717) is 18.7 Å². The van der Waals surface area contributed by atoms with Gasteiger partial charge in [0.15, 0.2) is 0 Å². The van der Waals surface area contributed by atoms with Crippen LogP contribution in [0.5, 0.6) is 0 Å². The Bertz CT molecular complexity index is 753. The zero-order chi connectivity index (χ0) is 20.3. The molecule has 1 aromatic carbocycles. The van der Waals surface area contributed by atoms with Gasteiger partial charge in [0.2, 0.25) is 5.84 Å². The number of benzene rings is 1. The van der Waals surface area contributed by atoms with E-state index < -0.39 is 24.7 Å². The zero-order valence-electron chi connectivity index (χ0n) is 15.4. The third-order valence-electron chi connectivity index (χ3n) is 4.67. The third kappa shape index (κ3) is 5.00. The monoisotopic (exact) mass is 397 g/mol. The molecule has 0 saturated carbocycles. The van der Waals surface area contributed by atoms with Gasteiger partial charge in [0.1, 0.15) is 6.04 Å². The maximum Gasteiger partial charge on any atom is 0.401 e. The summed E-state index contributed by atoms with van der Waals surface area (Å²) in [6.07, 6.45) is -3.64. The Hall–Kier alpha value is -2.62. The van der Waals surface area contributed by atoms with E-state index in [4.69, 9.17) is 0 Å². The molecule has 2 heterocycles. The fourth-order valence-electron chi connectivity index (χ4n) is 3.30. The molecule has 152 valence electrons. The maximum atomic E-state index is 12.5. The molecule has 0 aromatic heterocycles. The molecule has 2 N–H and O–H groups in total. The van der Waals surface area contributed by atoms with Crippen molar-refractivity contribution in [2.24, 2.45) is 10.9 Å². The van der Waals surface area contributed by atoms with Crippen LogP contribution in [0, 0.1) is 5.92 Å². The number of para-hydroxylation sites is 1. The van der Waals surface area contributed by atoms with E-state index in [1.807, 2.05) is 6.07 Å². The second-order valence-electron chi connectivity index (χ2n) is 6.99. The lowest BCUT2D eigenvalue weighted by Gasteiger charge is -2.30. The minimum absolute atomic E-state index is 0.00102. The fraction of sp³-hybridized carbons (Fsp3) is 0.500. The first kappa shape index (κ1) is 20.1. The highest BCUT2D eigenvalue weighted by Gasteiger charge is 2.35. The van der Waals surface area contributed by atoms with Crippen molar-refractivity contribution in [3.63, 3.8) is 0 Å². The van der Waals surface area contributed by atoms with E-state index >= 15 is 0 Å². The average molecular weight is 397 g/mol. The van der Waals surface area contributed by atoms with Gasteiger partial charge < -0.3 is 5.32 Å². The first-order valence-electron chi connectivity index (χ1n) is 9.04. The van der Waals surface area contributed by atoms with Crippen LogP contribution in [0.2, 0.25) is 0 Å². The Balaban J connectivity index is 1.56. The van der Waals surface area contributed by atoms with Crippen molar-refractivity contribution < 1.29 is 22.8 Å². The van der Waals surface area contributed by atoms with Gasteiger partial charge >= 0.3 is 6.18 Å². The number of aliphatic imine (C=N–C) groups is 1. The van der Waals surface area contributed by atoms with Crippen molar-refractivity contribution in [1.29, 1.82) is 0 Å². The van der Waals surface area contributed by atoms with Crippen molar-refractivity contribution >= 4 is 23.3 Å². The van der Waals surface area contributed by atoms with Crippen LogP contribution >= 0.6 is 0 Å². The van der Waals surface area contributed by atoms with E-state index in [9.17, 15) is 22.8 Å². The van der Waals surface area contributed by atoms with Crippen molar-refractivity contribution in [2.45, 2.75) is 25.6 Å². The number of anilines is 1. The summed E-state index contributed by atoms with van der Waals surface area (Å²) >= 11 is 0.